The number of carbonyl (C=O) groups excluding carboxylic acids is 2. The summed E-state index contributed by atoms with van der Waals surface area (Å²) in [5.41, 5.74) is 9.33. The first kappa shape index (κ1) is 18.6. The molecule has 1 aromatic rings. The van der Waals surface area contributed by atoms with E-state index in [-0.39, 0.29) is 13.2 Å². The van der Waals surface area contributed by atoms with Crippen molar-refractivity contribution in [3.05, 3.63) is 52.4 Å². The Labute approximate surface area is 147 Å². The number of dihydropyridines is 1. The van der Waals surface area contributed by atoms with Crippen LogP contribution in [0.5, 0.6) is 0 Å². The van der Waals surface area contributed by atoms with Gasteiger partial charge in [-0.15, -0.1) is 0 Å². The van der Waals surface area contributed by atoms with Crippen LogP contribution < -0.4 is 11.1 Å². The zero-order valence-electron chi connectivity index (χ0n) is 15.0. The van der Waals surface area contributed by atoms with Gasteiger partial charge in [0.15, 0.2) is 0 Å². The van der Waals surface area contributed by atoms with Crippen molar-refractivity contribution in [1.29, 1.82) is 0 Å². The molecule has 6 nitrogen and oxygen atoms in total. The van der Waals surface area contributed by atoms with Gasteiger partial charge < -0.3 is 20.5 Å². The number of carbonyl (C=O) groups is 2. The molecule has 0 saturated carbocycles. The fourth-order valence-electron chi connectivity index (χ4n) is 3.04. The summed E-state index contributed by atoms with van der Waals surface area (Å²) >= 11 is 0. The molecule has 0 aliphatic carbocycles. The SMILES string of the molecule is CCOC(=O)C1=C(C)NC(C)=C(C(=O)OCC)C1c1ccccc1N. The second kappa shape index (κ2) is 7.88. The van der Waals surface area contributed by atoms with Gasteiger partial charge in [-0.1, -0.05) is 18.2 Å². The standard InChI is InChI=1S/C19H24N2O4/c1-5-24-18(22)15-11(3)21-12(4)16(19(23)25-6-2)17(15)13-9-7-8-10-14(13)20/h7-10,17,21H,5-6,20H2,1-4H3. The number of benzene rings is 1. The van der Waals surface area contributed by atoms with Crippen LogP contribution in [0.3, 0.4) is 0 Å². The van der Waals surface area contributed by atoms with Gasteiger partial charge in [0.05, 0.1) is 30.3 Å². The second-order valence-corrected chi connectivity index (χ2v) is 5.71. The van der Waals surface area contributed by atoms with Crippen LogP contribution in [0.25, 0.3) is 0 Å². The van der Waals surface area contributed by atoms with Crippen LogP contribution in [-0.4, -0.2) is 25.2 Å². The van der Waals surface area contributed by atoms with Gasteiger partial charge >= 0.3 is 11.9 Å². The van der Waals surface area contributed by atoms with E-state index < -0.39 is 17.9 Å². The molecule has 25 heavy (non-hydrogen) atoms. The fraction of sp³-hybridized carbons (Fsp3) is 0.368. The zero-order chi connectivity index (χ0) is 18.6. The lowest BCUT2D eigenvalue weighted by molar-refractivity contribution is -0.139. The Morgan fingerprint density at radius 1 is 1.00 bits per heavy atom. The molecule has 0 saturated heterocycles. The topological polar surface area (TPSA) is 90.6 Å². The summed E-state index contributed by atoms with van der Waals surface area (Å²) in [7, 11) is 0. The molecule has 0 atom stereocenters. The minimum Gasteiger partial charge on any atom is -0.463 e. The molecule has 1 heterocycles. The zero-order valence-corrected chi connectivity index (χ0v) is 15.0. The maximum absolute atomic E-state index is 12.6. The van der Waals surface area contributed by atoms with Crippen molar-refractivity contribution in [1.82, 2.24) is 5.32 Å². The van der Waals surface area contributed by atoms with Crippen molar-refractivity contribution in [2.45, 2.75) is 33.6 Å². The summed E-state index contributed by atoms with van der Waals surface area (Å²) in [6.07, 6.45) is 0. The highest BCUT2D eigenvalue weighted by atomic mass is 16.5. The van der Waals surface area contributed by atoms with Crippen LogP contribution in [0.15, 0.2) is 46.8 Å². The Kier molecular flexibility index (Phi) is 5.85. The van der Waals surface area contributed by atoms with Crippen LogP contribution in [0, 0.1) is 0 Å². The van der Waals surface area contributed by atoms with Crippen LogP contribution in [-0.2, 0) is 19.1 Å². The van der Waals surface area contributed by atoms with E-state index in [9.17, 15) is 9.59 Å². The van der Waals surface area contributed by atoms with Crippen molar-refractivity contribution in [2.24, 2.45) is 0 Å². The number of nitrogens with two attached hydrogens (primary N) is 1. The van der Waals surface area contributed by atoms with Crippen molar-refractivity contribution in [3.8, 4) is 0 Å². The number of hydrogen-bond donors (Lipinski definition) is 2. The smallest absolute Gasteiger partial charge is 0.336 e. The predicted octanol–water partition coefficient (Wildman–Crippen LogP) is 2.63. The van der Waals surface area contributed by atoms with E-state index in [0.717, 1.165) is 0 Å². The summed E-state index contributed by atoms with van der Waals surface area (Å²) in [5, 5.41) is 3.09. The van der Waals surface area contributed by atoms with Gasteiger partial charge in [0.25, 0.3) is 0 Å². The van der Waals surface area contributed by atoms with Crippen molar-refractivity contribution in [3.63, 3.8) is 0 Å². The van der Waals surface area contributed by atoms with E-state index in [1.807, 2.05) is 12.1 Å². The minimum atomic E-state index is -0.638. The number of para-hydroxylation sites is 1. The van der Waals surface area contributed by atoms with Crippen LogP contribution in [0.1, 0.15) is 39.2 Å². The quantitative estimate of drug-likeness (QED) is 0.630. The van der Waals surface area contributed by atoms with Gasteiger partial charge in [-0.25, -0.2) is 9.59 Å². The summed E-state index contributed by atoms with van der Waals surface area (Å²) in [6.45, 7) is 7.52. The normalized spacial score (nSPS) is 15.0. The molecule has 6 heteroatoms. The third-order valence-electron chi connectivity index (χ3n) is 4.06. The molecule has 0 radical (unpaired) electrons. The lowest BCUT2D eigenvalue weighted by atomic mass is 9.79. The molecule has 0 amide bonds. The summed E-state index contributed by atoms with van der Waals surface area (Å²) < 4.78 is 10.4. The Morgan fingerprint density at radius 3 is 1.92 bits per heavy atom. The molecule has 1 aliphatic heterocycles. The maximum Gasteiger partial charge on any atom is 0.336 e. The third-order valence-corrected chi connectivity index (χ3v) is 4.06. The molecule has 0 fully saturated rings. The number of nitrogens with one attached hydrogen (secondary N) is 1. The number of ether oxygens (including phenoxy) is 2. The van der Waals surface area contributed by atoms with Crippen molar-refractivity contribution >= 4 is 17.6 Å². The molecule has 2 rings (SSSR count). The fourth-order valence-corrected chi connectivity index (χ4v) is 3.04. The molecule has 0 bridgehead atoms. The van der Waals surface area contributed by atoms with E-state index in [0.29, 0.717) is 33.8 Å². The van der Waals surface area contributed by atoms with Gasteiger partial charge in [-0.3, -0.25) is 0 Å². The van der Waals surface area contributed by atoms with Crippen LogP contribution in [0.2, 0.25) is 0 Å². The average molecular weight is 344 g/mol. The Hall–Kier alpha value is -2.76. The Balaban J connectivity index is 2.66. The van der Waals surface area contributed by atoms with Gasteiger partial charge in [0.1, 0.15) is 0 Å². The molecule has 0 spiro atoms. The highest BCUT2D eigenvalue weighted by Gasteiger charge is 2.38. The van der Waals surface area contributed by atoms with E-state index in [1.165, 1.54) is 0 Å². The van der Waals surface area contributed by atoms with Crippen molar-refractivity contribution < 1.29 is 19.1 Å². The monoisotopic (exact) mass is 344 g/mol. The van der Waals surface area contributed by atoms with Crippen LogP contribution >= 0.6 is 0 Å². The number of esters is 2. The molecule has 134 valence electrons. The minimum absolute atomic E-state index is 0.240. The van der Waals surface area contributed by atoms with Gasteiger partial charge in [0, 0.05) is 17.1 Å². The molecular formula is C19H24N2O4. The van der Waals surface area contributed by atoms with Gasteiger partial charge in [-0.2, -0.15) is 0 Å². The average Bonchev–Trinajstić information content (AvgIpc) is 2.54. The molecule has 1 aromatic carbocycles. The lowest BCUT2D eigenvalue weighted by Gasteiger charge is -2.31. The summed E-state index contributed by atoms with van der Waals surface area (Å²) in [5.74, 6) is -1.59. The number of allylic oxidation sites excluding steroid dienone is 2. The number of rotatable bonds is 5. The number of anilines is 1. The van der Waals surface area contributed by atoms with E-state index in [2.05, 4.69) is 5.32 Å². The molecular weight excluding hydrogens is 320 g/mol. The molecule has 0 unspecified atom stereocenters. The van der Waals surface area contributed by atoms with Crippen molar-refractivity contribution in [2.75, 3.05) is 18.9 Å². The second-order valence-electron chi connectivity index (χ2n) is 5.71. The molecule has 0 aromatic heterocycles. The first-order chi connectivity index (χ1) is 11.9. The Morgan fingerprint density at radius 2 is 1.48 bits per heavy atom. The van der Waals surface area contributed by atoms with Gasteiger partial charge in [0.2, 0.25) is 0 Å². The van der Waals surface area contributed by atoms with E-state index in [1.54, 1.807) is 39.8 Å². The van der Waals surface area contributed by atoms with E-state index >= 15 is 0 Å². The first-order valence-electron chi connectivity index (χ1n) is 8.29. The highest BCUT2D eigenvalue weighted by Crippen LogP contribution is 2.41. The number of hydrogen-bond acceptors (Lipinski definition) is 6. The Bertz CT molecular complexity index is 710. The lowest BCUT2D eigenvalue weighted by Crippen LogP contribution is -2.32. The summed E-state index contributed by atoms with van der Waals surface area (Å²) in [4.78, 5) is 25.2. The summed E-state index contributed by atoms with van der Waals surface area (Å²) in [6, 6.07) is 7.18. The highest BCUT2D eigenvalue weighted by molar-refractivity contribution is 6.00. The third kappa shape index (κ3) is 3.68. The number of nitrogen functional groups attached to an aromatic ring is 1. The molecule has 1 aliphatic rings. The largest absolute Gasteiger partial charge is 0.463 e. The van der Waals surface area contributed by atoms with Crippen LogP contribution in [0.4, 0.5) is 5.69 Å². The maximum atomic E-state index is 12.6. The molecule has 3 N–H and O–H groups in total. The predicted molar refractivity (Wildman–Crippen MR) is 95.4 cm³/mol. The van der Waals surface area contributed by atoms with Gasteiger partial charge in [-0.05, 0) is 39.3 Å². The first-order valence-corrected chi connectivity index (χ1v) is 8.29. The van der Waals surface area contributed by atoms with E-state index in [4.69, 9.17) is 15.2 Å².